The van der Waals surface area contributed by atoms with Crippen molar-refractivity contribution in [1.82, 2.24) is 9.88 Å². The van der Waals surface area contributed by atoms with Gasteiger partial charge in [-0.2, -0.15) is 0 Å². The van der Waals surface area contributed by atoms with E-state index in [0.29, 0.717) is 66.5 Å². The number of hydrogen-bond acceptors (Lipinski definition) is 5. The van der Waals surface area contributed by atoms with Crippen LogP contribution in [0.3, 0.4) is 0 Å². The van der Waals surface area contributed by atoms with Gasteiger partial charge in [-0.1, -0.05) is 30.1 Å². The van der Waals surface area contributed by atoms with Gasteiger partial charge < -0.3 is 19.3 Å². The first kappa shape index (κ1) is 21.5. The summed E-state index contributed by atoms with van der Waals surface area (Å²) >= 11 is 12.6. The third-order valence-corrected chi connectivity index (χ3v) is 5.19. The molecule has 0 N–H and O–H groups in total. The number of benzene rings is 1. The summed E-state index contributed by atoms with van der Waals surface area (Å²) in [6.45, 7) is 7.35. The summed E-state index contributed by atoms with van der Waals surface area (Å²) in [4.78, 5) is 21.3. The van der Waals surface area contributed by atoms with Crippen LogP contribution >= 0.6 is 23.2 Å². The van der Waals surface area contributed by atoms with E-state index in [1.165, 1.54) is 0 Å². The molecule has 3 rings (SSSR count). The maximum absolute atomic E-state index is 13.1. The molecule has 1 aliphatic rings. The average Bonchev–Trinajstić information content (AvgIpc) is 2.73. The van der Waals surface area contributed by atoms with Gasteiger partial charge in [0, 0.05) is 37.9 Å². The van der Waals surface area contributed by atoms with Crippen LogP contribution in [0, 0.1) is 0 Å². The van der Waals surface area contributed by atoms with Crippen LogP contribution in [0.2, 0.25) is 10.0 Å². The molecule has 1 aromatic heterocycles. The number of rotatable bonds is 7. The summed E-state index contributed by atoms with van der Waals surface area (Å²) in [5.74, 6) is 1.65. The highest BCUT2D eigenvalue weighted by atomic mass is 35.5. The minimum absolute atomic E-state index is 0.0818. The Morgan fingerprint density at radius 3 is 2.52 bits per heavy atom. The summed E-state index contributed by atoms with van der Waals surface area (Å²) < 4.78 is 11.4. The van der Waals surface area contributed by atoms with Gasteiger partial charge in [0.2, 0.25) is 0 Å². The van der Waals surface area contributed by atoms with Crippen LogP contribution in [-0.2, 0) is 0 Å². The van der Waals surface area contributed by atoms with Gasteiger partial charge in [-0.25, -0.2) is 4.98 Å². The highest BCUT2D eigenvalue weighted by molar-refractivity contribution is 6.33. The van der Waals surface area contributed by atoms with E-state index in [1.54, 1.807) is 29.3 Å². The molecular weight excluding hydrogens is 413 g/mol. The number of carbonyl (C=O) groups is 1. The van der Waals surface area contributed by atoms with Crippen LogP contribution in [0.25, 0.3) is 0 Å². The highest BCUT2D eigenvalue weighted by Crippen LogP contribution is 2.37. The van der Waals surface area contributed by atoms with Crippen molar-refractivity contribution in [3.63, 3.8) is 0 Å². The zero-order chi connectivity index (χ0) is 20.8. The lowest BCUT2D eigenvalue weighted by Gasteiger charge is -2.35. The molecule has 1 saturated heterocycles. The third kappa shape index (κ3) is 5.06. The molecule has 1 aliphatic heterocycles. The topological polar surface area (TPSA) is 54.9 Å². The number of hydrogen-bond donors (Lipinski definition) is 0. The van der Waals surface area contributed by atoms with E-state index >= 15 is 0 Å². The second kappa shape index (κ2) is 10.0. The second-order valence-electron chi connectivity index (χ2n) is 6.65. The smallest absolute Gasteiger partial charge is 0.254 e. The number of anilines is 1. The molecule has 6 nitrogen and oxygen atoms in total. The average molecular weight is 438 g/mol. The molecule has 1 aromatic carbocycles. The van der Waals surface area contributed by atoms with Crippen molar-refractivity contribution in [2.24, 2.45) is 0 Å². The van der Waals surface area contributed by atoms with E-state index in [9.17, 15) is 4.79 Å². The molecule has 1 fully saturated rings. The minimum Gasteiger partial charge on any atom is -0.490 e. The lowest BCUT2D eigenvalue weighted by Crippen LogP contribution is -2.49. The number of pyridine rings is 1. The number of aromatic nitrogens is 1. The predicted molar refractivity (Wildman–Crippen MR) is 116 cm³/mol. The Bertz CT molecular complexity index is 855. The van der Waals surface area contributed by atoms with E-state index < -0.39 is 0 Å². The van der Waals surface area contributed by atoms with Gasteiger partial charge in [0.25, 0.3) is 5.91 Å². The first-order chi connectivity index (χ1) is 14.0. The quantitative estimate of drug-likeness (QED) is 0.636. The fourth-order valence-corrected chi connectivity index (χ4v) is 3.72. The number of nitrogens with zero attached hydrogens (tertiary/aromatic N) is 3. The summed E-state index contributed by atoms with van der Waals surface area (Å²) in [7, 11) is 0. The van der Waals surface area contributed by atoms with E-state index in [1.807, 2.05) is 19.9 Å². The first-order valence-electron chi connectivity index (χ1n) is 9.79. The second-order valence-corrected chi connectivity index (χ2v) is 7.47. The highest BCUT2D eigenvalue weighted by Gasteiger charge is 2.25. The molecule has 0 spiro atoms. The first-order valence-corrected chi connectivity index (χ1v) is 10.5. The molecule has 0 bridgehead atoms. The third-order valence-electron chi connectivity index (χ3n) is 4.61. The SMILES string of the molecule is CCCOc1c(Cl)cc(C(=O)N2CCN(c3ncccc3Cl)CC2)cc1OCC. The van der Waals surface area contributed by atoms with Gasteiger partial charge in [0.1, 0.15) is 5.82 Å². The zero-order valence-electron chi connectivity index (χ0n) is 16.7. The molecule has 0 saturated carbocycles. The molecule has 0 unspecified atom stereocenters. The van der Waals surface area contributed by atoms with E-state index in [-0.39, 0.29) is 5.91 Å². The number of ether oxygens (including phenoxy) is 2. The Morgan fingerprint density at radius 2 is 1.86 bits per heavy atom. The molecular formula is C21H25Cl2N3O3. The standard InChI is InChI=1S/C21H25Cl2N3O3/c1-3-12-29-19-17(23)13-15(14-18(19)28-4-2)21(27)26-10-8-25(9-11-26)20-16(22)6-5-7-24-20/h5-7,13-14H,3-4,8-12H2,1-2H3. The Balaban J connectivity index is 1.73. The van der Waals surface area contributed by atoms with Crippen LogP contribution in [0.5, 0.6) is 11.5 Å². The van der Waals surface area contributed by atoms with E-state index in [0.717, 1.165) is 12.2 Å². The summed E-state index contributed by atoms with van der Waals surface area (Å²) in [6.07, 6.45) is 2.57. The van der Waals surface area contributed by atoms with Crippen LogP contribution in [0.15, 0.2) is 30.5 Å². The maximum atomic E-state index is 13.1. The molecule has 1 amide bonds. The summed E-state index contributed by atoms with van der Waals surface area (Å²) in [5, 5.41) is 0.995. The van der Waals surface area contributed by atoms with E-state index in [2.05, 4.69) is 9.88 Å². The normalized spacial score (nSPS) is 14.1. The Morgan fingerprint density at radius 1 is 1.10 bits per heavy atom. The predicted octanol–water partition coefficient (Wildman–Crippen LogP) is 4.54. The summed E-state index contributed by atoms with van der Waals surface area (Å²) in [5.41, 5.74) is 0.492. The Hall–Kier alpha value is -2.18. The number of halogens is 2. The van der Waals surface area contributed by atoms with Crippen molar-refractivity contribution in [2.75, 3.05) is 44.3 Å². The Labute approximate surface area is 181 Å². The van der Waals surface area contributed by atoms with Crippen molar-refractivity contribution < 1.29 is 14.3 Å². The van der Waals surface area contributed by atoms with Crippen molar-refractivity contribution in [2.45, 2.75) is 20.3 Å². The van der Waals surface area contributed by atoms with Crippen LogP contribution in [0.4, 0.5) is 5.82 Å². The van der Waals surface area contributed by atoms with Gasteiger partial charge in [0.15, 0.2) is 11.5 Å². The number of amides is 1. The van der Waals surface area contributed by atoms with Crippen LogP contribution < -0.4 is 14.4 Å². The van der Waals surface area contributed by atoms with Crippen molar-refractivity contribution in [3.8, 4) is 11.5 Å². The molecule has 0 aliphatic carbocycles. The Kier molecular flexibility index (Phi) is 7.45. The van der Waals surface area contributed by atoms with Gasteiger partial charge in [-0.3, -0.25) is 4.79 Å². The van der Waals surface area contributed by atoms with Crippen molar-refractivity contribution in [3.05, 3.63) is 46.1 Å². The molecule has 2 heterocycles. The fraction of sp³-hybridized carbons (Fsp3) is 0.429. The lowest BCUT2D eigenvalue weighted by atomic mass is 10.1. The van der Waals surface area contributed by atoms with Crippen LogP contribution in [0.1, 0.15) is 30.6 Å². The largest absolute Gasteiger partial charge is 0.490 e. The maximum Gasteiger partial charge on any atom is 0.254 e. The molecule has 2 aromatic rings. The van der Waals surface area contributed by atoms with Crippen LogP contribution in [-0.4, -0.2) is 55.2 Å². The lowest BCUT2D eigenvalue weighted by molar-refractivity contribution is 0.0746. The molecule has 8 heteroatoms. The minimum atomic E-state index is -0.0818. The molecule has 0 atom stereocenters. The molecule has 0 radical (unpaired) electrons. The van der Waals surface area contributed by atoms with Gasteiger partial charge in [0.05, 0.1) is 23.3 Å². The van der Waals surface area contributed by atoms with Crippen molar-refractivity contribution >= 4 is 34.9 Å². The molecule has 29 heavy (non-hydrogen) atoms. The fourth-order valence-electron chi connectivity index (χ4n) is 3.21. The van der Waals surface area contributed by atoms with E-state index in [4.69, 9.17) is 32.7 Å². The number of piperazine rings is 1. The molecule has 156 valence electrons. The monoisotopic (exact) mass is 437 g/mol. The van der Waals surface area contributed by atoms with Gasteiger partial charge >= 0.3 is 0 Å². The summed E-state index contributed by atoms with van der Waals surface area (Å²) in [6, 6.07) is 6.99. The zero-order valence-corrected chi connectivity index (χ0v) is 18.2. The van der Waals surface area contributed by atoms with Gasteiger partial charge in [-0.05, 0) is 37.6 Å². The van der Waals surface area contributed by atoms with Crippen molar-refractivity contribution in [1.29, 1.82) is 0 Å². The number of carbonyl (C=O) groups excluding carboxylic acids is 1. The van der Waals surface area contributed by atoms with Gasteiger partial charge in [-0.15, -0.1) is 0 Å².